The topological polar surface area (TPSA) is 69.8 Å². The number of nitrogens with one attached hydrogen (secondary N) is 1. The van der Waals surface area contributed by atoms with Crippen LogP contribution in [0.5, 0.6) is 0 Å². The Morgan fingerprint density at radius 2 is 2.10 bits per heavy atom. The van der Waals surface area contributed by atoms with Crippen molar-refractivity contribution in [1.82, 2.24) is 19.6 Å². The van der Waals surface area contributed by atoms with Gasteiger partial charge in [0.05, 0.1) is 6.26 Å². The van der Waals surface area contributed by atoms with E-state index in [1.807, 2.05) is 12.1 Å². The SMILES string of the molecule is CCc1nsc(N2CCN(C(=NCCc3cccs3)NCCc3ccco3)CC2)n1. The largest absolute Gasteiger partial charge is 0.469 e. The highest BCUT2D eigenvalue weighted by molar-refractivity contribution is 7.10. The lowest BCUT2D eigenvalue weighted by molar-refractivity contribution is 0.371. The fraction of sp³-hybridized carbons (Fsp3) is 0.476. The molecule has 1 saturated heterocycles. The number of aryl methyl sites for hydroxylation is 1. The molecule has 0 unspecified atom stereocenters. The number of hydrogen-bond donors (Lipinski definition) is 1. The number of thiophene rings is 1. The Labute approximate surface area is 185 Å². The summed E-state index contributed by atoms with van der Waals surface area (Å²) in [5, 5.41) is 6.71. The molecule has 0 spiro atoms. The van der Waals surface area contributed by atoms with E-state index in [1.54, 1.807) is 17.6 Å². The van der Waals surface area contributed by atoms with Gasteiger partial charge in [0.25, 0.3) is 0 Å². The van der Waals surface area contributed by atoms with Gasteiger partial charge >= 0.3 is 0 Å². The van der Waals surface area contributed by atoms with E-state index >= 15 is 0 Å². The molecule has 3 aromatic heterocycles. The first-order valence-electron chi connectivity index (χ1n) is 10.5. The Bertz CT molecular complexity index is 898. The van der Waals surface area contributed by atoms with Crippen LogP contribution in [0.3, 0.4) is 0 Å². The van der Waals surface area contributed by atoms with Gasteiger partial charge in [0.2, 0.25) is 5.13 Å². The van der Waals surface area contributed by atoms with E-state index < -0.39 is 0 Å². The number of piperazine rings is 1. The molecular weight excluding hydrogens is 416 g/mol. The number of aliphatic imine (C=N–C) groups is 1. The second kappa shape index (κ2) is 10.6. The van der Waals surface area contributed by atoms with Gasteiger partial charge in [-0.15, -0.1) is 11.3 Å². The average molecular weight is 445 g/mol. The number of hydrogen-bond acceptors (Lipinski definition) is 7. The standard InChI is InChI=1S/C21H28N6OS2/c1-2-19-24-21(30-25-19)27-13-11-26(12-14-27)20(22-9-7-17-5-3-15-28-17)23-10-8-18-6-4-16-29-18/h3-6,15-16H,2,7-14H2,1H3,(H,22,23). The molecule has 0 atom stereocenters. The Morgan fingerprint density at radius 1 is 1.20 bits per heavy atom. The van der Waals surface area contributed by atoms with Crippen LogP contribution in [0.2, 0.25) is 0 Å². The van der Waals surface area contributed by atoms with Gasteiger partial charge in [-0.1, -0.05) is 13.0 Å². The molecule has 0 radical (unpaired) electrons. The molecule has 1 fully saturated rings. The Morgan fingerprint density at radius 3 is 2.80 bits per heavy atom. The summed E-state index contributed by atoms with van der Waals surface area (Å²) in [6.45, 7) is 7.41. The van der Waals surface area contributed by atoms with Crippen LogP contribution in [0, 0.1) is 0 Å². The quantitative estimate of drug-likeness (QED) is 0.425. The first-order valence-corrected chi connectivity index (χ1v) is 12.1. The van der Waals surface area contributed by atoms with E-state index in [1.165, 1.54) is 16.4 Å². The fourth-order valence-electron chi connectivity index (χ4n) is 3.37. The smallest absolute Gasteiger partial charge is 0.205 e. The third-order valence-corrected chi connectivity index (χ3v) is 6.81. The maximum atomic E-state index is 5.45. The molecular formula is C21H28N6OS2. The average Bonchev–Trinajstić information content (AvgIpc) is 3.56. The van der Waals surface area contributed by atoms with Crippen molar-refractivity contribution in [2.45, 2.75) is 26.2 Å². The third-order valence-electron chi connectivity index (χ3n) is 5.06. The Balaban J connectivity index is 1.34. The molecule has 0 aromatic carbocycles. The molecule has 30 heavy (non-hydrogen) atoms. The highest BCUT2D eigenvalue weighted by atomic mass is 32.1. The predicted octanol–water partition coefficient (Wildman–Crippen LogP) is 3.31. The van der Waals surface area contributed by atoms with E-state index in [9.17, 15) is 0 Å². The highest BCUT2D eigenvalue weighted by Crippen LogP contribution is 2.19. The number of nitrogens with zero attached hydrogens (tertiary/aromatic N) is 5. The van der Waals surface area contributed by atoms with Gasteiger partial charge in [0, 0.05) is 74.9 Å². The number of anilines is 1. The van der Waals surface area contributed by atoms with Crippen molar-refractivity contribution < 1.29 is 4.42 Å². The summed E-state index contributed by atoms with van der Waals surface area (Å²) in [5.41, 5.74) is 0. The normalized spacial score (nSPS) is 15.0. The molecule has 4 heterocycles. The number of guanidine groups is 1. The highest BCUT2D eigenvalue weighted by Gasteiger charge is 2.22. The minimum Gasteiger partial charge on any atom is -0.469 e. The van der Waals surface area contributed by atoms with Crippen LogP contribution in [-0.4, -0.2) is 59.5 Å². The molecule has 0 saturated carbocycles. The molecule has 9 heteroatoms. The van der Waals surface area contributed by atoms with Gasteiger partial charge in [0.15, 0.2) is 5.96 Å². The van der Waals surface area contributed by atoms with Crippen molar-refractivity contribution in [3.63, 3.8) is 0 Å². The van der Waals surface area contributed by atoms with E-state index in [0.717, 1.165) is 81.2 Å². The lowest BCUT2D eigenvalue weighted by atomic mass is 10.3. The Kier molecular flexibility index (Phi) is 7.36. The minimum absolute atomic E-state index is 0.792. The van der Waals surface area contributed by atoms with Crippen LogP contribution >= 0.6 is 22.9 Å². The number of aromatic nitrogens is 2. The predicted molar refractivity (Wildman–Crippen MR) is 124 cm³/mol. The molecule has 160 valence electrons. The van der Waals surface area contributed by atoms with Crippen LogP contribution < -0.4 is 10.2 Å². The van der Waals surface area contributed by atoms with Crippen molar-refractivity contribution >= 4 is 34.0 Å². The van der Waals surface area contributed by atoms with Gasteiger partial charge in [-0.05, 0) is 23.6 Å². The van der Waals surface area contributed by atoms with Crippen molar-refractivity contribution in [2.24, 2.45) is 4.99 Å². The summed E-state index contributed by atoms with van der Waals surface area (Å²) >= 11 is 3.30. The zero-order valence-electron chi connectivity index (χ0n) is 17.3. The van der Waals surface area contributed by atoms with Crippen molar-refractivity contribution in [1.29, 1.82) is 0 Å². The number of furan rings is 1. The maximum Gasteiger partial charge on any atom is 0.205 e. The van der Waals surface area contributed by atoms with Crippen LogP contribution in [0.25, 0.3) is 0 Å². The van der Waals surface area contributed by atoms with Gasteiger partial charge in [-0.2, -0.15) is 4.37 Å². The third kappa shape index (κ3) is 5.60. The monoisotopic (exact) mass is 444 g/mol. The molecule has 1 N–H and O–H groups in total. The van der Waals surface area contributed by atoms with Gasteiger partial charge in [0.1, 0.15) is 11.6 Å². The first-order chi connectivity index (χ1) is 14.8. The molecule has 3 aromatic rings. The molecule has 0 aliphatic carbocycles. The zero-order valence-corrected chi connectivity index (χ0v) is 18.9. The zero-order chi connectivity index (χ0) is 20.6. The van der Waals surface area contributed by atoms with E-state index in [4.69, 9.17) is 9.41 Å². The number of rotatable bonds is 8. The molecule has 1 aliphatic rings. The van der Waals surface area contributed by atoms with Crippen LogP contribution in [0.15, 0.2) is 45.3 Å². The molecule has 0 amide bonds. The molecule has 0 bridgehead atoms. The molecule has 1 aliphatic heterocycles. The summed E-state index contributed by atoms with van der Waals surface area (Å²) in [7, 11) is 0. The van der Waals surface area contributed by atoms with E-state index in [-0.39, 0.29) is 0 Å². The summed E-state index contributed by atoms with van der Waals surface area (Å²) in [6.07, 6.45) is 4.44. The second-order valence-electron chi connectivity index (χ2n) is 7.11. The Hall–Kier alpha value is -2.39. The van der Waals surface area contributed by atoms with Gasteiger partial charge < -0.3 is 19.5 Å². The molecule has 7 nitrogen and oxygen atoms in total. The van der Waals surface area contributed by atoms with E-state index in [0.29, 0.717) is 0 Å². The first kappa shape index (κ1) is 20.9. The van der Waals surface area contributed by atoms with Gasteiger partial charge in [-0.25, -0.2) is 4.98 Å². The summed E-state index contributed by atoms with van der Waals surface area (Å²) in [4.78, 5) is 15.6. The lowest BCUT2D eigenvalue weighted by Crippen LogP contribution is -2.53. The van der Waals surface area contributed by atoms with E-state index in [2.05, 4.69) is 48.9 Å². The van der Waals surface area contributed by atoms with Crippen LogP contribution in [0.1, 0.15) is 23.4 Å². The molecule has 4 rings (SSSR count). The minimum atomic E-state index is 0.792. The van der Waals surface area contributed by atoms with Crippen molar-refractivity contribution in [3.05, 3.63) is 52.4 Å². The maximum absolute atomic E-state index is 5.45. The van der Waals surface area contributed by atoms with Crippen LogP contribution in [-0.2, 0) is 19.3 Å². The van der Waals surface area contributed by atoms with Crippen LogP contribution in [0.4, 0.5) is 5.13 Å². The van der Waals surface area contributed by atoms with Gasteiger partial charge in [-0.3, -0.25) is 4.99 Å². The summed E-state index contributed by atoms with van der Waals surface area (Å²) in [6, 6.07) is 8.22. The summed E-state index contributed by atoms with van der Waals surface area (Å²) in [5.74, 6) is 2.92. The second-order valence-corrected chi connectivity index (χ2v) is 8.87. The summed E-state index contributed by atoms with van der Waals surface area (Å²) < 4.78 is 9.88. The van der Waals surface area contributed by atoms with Crippen molar-refractivity contribution in [2.75, 3.05) is 44.2 Å². The van der Waals surface area contributed by atoms with Crippen molar-refractivity contribution in [3.8, 4) is 0 Å². The fourth-order valence-corrected chi connectivity index (χ4v) is 4.87. The lowest BCUT2D eigenvalue weighted by Gasteiger charge is -2.36.